The summed E-state index contributed by atoms with van der Waals surface area (Å²) >= 11 is 0. The summed E-state index contributed by atoms with van der Waals surface area (Å²) in [7, 11) is 0. The Morgan fingerprint density at radius 2 is 1.46 bits per heavy atom. The van der Waals surface area contributed by atoms with Crippen LogP contribution in [0.1, 0.15) is 19.4 Å². The van der Waals surface area contributed by atoms with E-state index in [1.165, 1.54) is 27.4 Å². The molecule has 172 valence electrons. The molecular weight excluding hydrogens is 428 g/mol. The van der Waals surface area contributed by atoms with E-state index in [1.807, 2.05) is 12.4 Å². The number of hydrogen-bond acceptors (Lipinski definition) is 2. The van der Waals surface area contributed by atoms with E-state index >= 15 is 0 Å². The summed E-state index contributed by atoms with van der Waals surface area (Å²) in [6.07, 6.45) is 3.91. The van der Waals surface area contributed by atoms with Crippen molar-refractivity contribution in [1.29, 1.82) is 0 Å². The summed E-state index contributed by atoms with van der Waals surface area (Å²) in [5.74, 6) is 0.924. The predicted molar refractivity (Wildman–Crippen MR) is 145 cm³/mol. The molecule has 6 rings (SSSR count). The third kappa shape index (κ3) is 3.46. The van der Waals surface area contributed by atoms with Crippen LogP contribution in [0.15, 0.2) is 109 Å². The van der Waals surface area contributed by atoms with E-state index in [0.29, 0.717) is 6.54 Å². The molecule has 0 aliphatic rings. The summed E-state index contributed by atoms with van der Waals surface area (Å²) in [5.41, 5.74) is 12.9. The van der Waals surface area contributed by atoms with Gasteiger partial charge in [0.15, 0.2) is 0 Å². The van der Waals surface area contributed by atoms with Gasteiger partial charge in [-0.2, -0.15) is 0 Å². The summed E-state index contributed by atoms with van der Waals surface area (Å²) in [4.78, 5) is 4.78. The normalized spacial score (nSPS) is 12.0. The molecule has 0 bridgehead atoms. The molecule has 6 aromatic rings. The van der Waals surface area contributed by atoms with Gasteiger partial charge in [0.1, 0.15) is 5.82 Å². The maximum absolute atomic E-state index is 6.15. The van der Waals surface area contributed by atoms with Gasteiger partial charge in [0.05, 0.1) is 11.0 Å². The Labute approximate surface area is 205 Å². The summed E-state index contributed by atoms with van der Waals surface area (Å²) < 4.78 is 4.52. The number of nitrogens with zero attached hydrogens (tertiary/aromatic N) is 3. The molecule has 0 atom stereocenters. The number of hydrogen-bond donors (Lipinski definition) is 1. The maximum atomic E-state index is 6.15. The molecule has 0 fully saturated rings. The largest absolute Gasteiger partial charge is 0.330 e. The quantitative estimate of drug-likeness (QED) is 0.308. The van der Waals surface area contributed by atoms with Gasteiger partial charge in [0.2, 0.25) is 0 Å². The van der Waals surface area contributed by atoms with E-state index in [4.69, 9.17) is 10.7 Å². The highest BCUT2D eigenvalue weighted by atomic mass is 15.1. The van der Waals surface area contributed by atoms with Crippen molar-refractivity contribution >= 4 is 21.8 Å². The van der Waals surface area contributed by atoms with Crippen LogP contribution in [0.25, 0.3) is 44.6 Å². The zero-order chi connectivity index (χ0) is 24.0. The first-order chi connectivity index (χ1) is 17.1. The number of aromatic nitrogens is 3. The Kier molecular flexibility index (Phi) is 5.05. The molecule has 4 heteroatoms. The Morgan fingerprint density at radius 1 is 0.743 bits per heavy atom. The first kappa shape index (κ1) is 21.4. The van der Waals surface area contributed by atoms with Crippen molar-refractivity contribution in [2.24, 2.45) is 5.73 Å². The van der Waals surface area contributed by atoms with Crippen LogP contribution < -0.4 is 5.73 Å². The molecule has 0 aliphatic carbocycles. The van der Waals surface area contributed by atoms with Gasteiger partial charge >= 0.3 is 0 Å². The Balaban J connectivity index is 1.57. The number of nitrogens with two attached hydrogens (primary N) is 1. The minimum Gasteiger partial charge on any atom is -0.330 e. The molecule has 2 aromatic heterocycles. The minimum absolute atomic E-state index is 0.152. The standard InChI is InChI=1S/C31H28N4/c1-31(2,21-32)27-14-8-6-13-25(27)30-33-18-19-34(30)23-16-17-29-26(20-23)24-12-7-9-15-28(24)35(29)22-10-4-3-5-11-22/h3-20H,21,32H2,1-2H3. The van der Waals surface area contributed by atoms with Gasteiger partial charge in [-0.1, -0.05) is 74.5 Å². The van der Waals surface area contributed by atoms with E-state index in [1.54, 1.807) is 0 Å². The van der Waals surface area contributed by atoms with E-state index in [-0.39, 0.29) is 5.41 Å². The van der Waals surface area contributed by atoms with Gasteiger partial charge in [-0.3, -0.25) is 4.57 Å². The molecule has 2 heterocycles. The van der Waals surface area contributed by atoms with Gasteiger partial charge in [-0.25, -0.2) is 4.98 Å². The molecule has 2 N–H and O–H groups in total. The van der Waals surface area contributed by atoms with Crippen molar-refractivity contribution in [3.63, 3.8) is 0 Å². The number of fused-ring (bicyclic) bond motifs is 3. The molecule has 4 aromatic carbocycles. The van der Waals surface area contributed by atoms with Crippen LogP contribution in [0.4, 0.5) is 0 Å². The van der Waals surface area contributed by atoms with E-state index < -0.39 is 0 Å². The lowest BCUT2D eigenvalue weighted by Gasteiger charge is -2.26. The van der Waals surface area contributed by atoms with Crippen molar-refractivity contribution in [3.05, 3.63) is 115 Å². The average molecular weight is 457 g/mol. The van der Waals surface area contributed by atoms with Crippen molar-refractivity contribution in [2.75, 3.05) is 6.54 Å². The first-order valence-electron chi connectivity index (χ1n) is 12.0. The molecule has 0 saturated carbocycles. The molecule has 0 radical (unpaired) electrons. The fraction of sp³-hybridized carbons (Fsp3) is 0.129. The fourth-order valence-corrected chi connectivity index (χ4v) is 5.06. The maximum Gasteiger partial charge on any atom is 0.144 e. The van der Waals surface area contributed by atoms with Crippen molar-refractivity contribution in [1.82, 2.24) is 14.1 Å². The van der Waals surface area contributed by atoms with Crippen molar-refractivity contribution in [2.45, 2.75) is 19.3 Å². The van der Waals surface area contributed by atoms with E-state index in [9.17, 15) is 0 Å². The van der Waals surface area contributed by atoms with Crippen LogP contribution >= 0.6 is 0 Å². The smallest absolute Gasteiger partial charge is 0.144 e. The Bertz CT molecular complexity index is 1650. The molecule has 35 heavy (non-hydrogen) atoms. The van der Waals surface area contributed by atoms with Gasteiger partial charge in [0.25, 0.3) is 0 Å². The van der Waals surface area contributed by atoms with Gasteiger partial charge in [-0.15, -0.1) is 0 Å². The van der Waals surface area contributed by atoms with Crippen LogP contribution in [0, 0.1) is 0 Å². The van der Waals surface area contributed by atoms with Crippen LogP contribution in [0.5, 0.6) is 0 Å². The fourth-order valence-electron chi connectivity index (χ4n) is 5.06. The summed E-state index contributed by atoms with van der Waals surface area (Å²) in [6.45, 7) is 4.93. The average Bonchev–Trinajstić information content (AvgIpc) is 3.52. The molecule has 4 nitrogen and oxygen atoms in total. The van der Waals surface area contributed by atoms with E-state index in [0.717, 1.165) is 22.8 Å². The first-order valence-corrected chi connectivity index (χ1v) is 12.0. The van der Waals surface area contributed by atoms with Crippen LogP contribution in [-0.4, -0.2) is 20.7 Å². The highest BCUT2D eigenvalue weighted by molar-refractivity contribution is 6.09. The second-order valence-corrected chi connectivity index (χ2v) is 9.64. The highest BCUT2D eigenvalue weighted by Crippen LogP contribution is 2.36. The second kappa shape index (κ2) is 8.26. The predicted octanol–water partition coefficient (Wildman–Crippen LogP) is 6.87. The molecule has 0 spiro atoms. The molecule has 0 aliphatic heterocycles. The van der Waals surface area contributed by atoms with Crippen molar-refractivity contribution < 1.29 is 0 Å². The zero-order valence-corrected chi connectivity index (χ0v) is 20.0. The van der Waals surface area contributed by atoms with Gasteiger partial charge < -0.3 is 10.3 Å². The van der Waals surface area contributed by atoms with Crippen LogP contribution in [0.2, 0.25) is 0 Å². The number of rotatable bonds is 5. The molecular formula is C31H28N4. The minimum atomic E-state index is -0.152. The molecule has 0 unspecified atom stereocenters. The molecule has 0 saturated heterocycles. The van der Waals surface area contributed by atoms with Gasteiger partial charge in [0, 0.05) is 52.1 Å². The lowest BCUT2D eigenvalue weighted by Crippen LogP contribution is -2.28. The Morgan fingerprint density at radius 3 is 2.29 bits per heavy atom. The van der Waals surface area contributed by atoms with Crippen LogP contribution in [0.3, 0.4) is 0 Å². The SMILES string of the molecule is CC(C)(CN)c1ccccc1-c1nccn1-c1ccc2c(c1)c1ccccc1n2-c1ccccc1. The number of benzene rings is 4. The third-order valence-corrected chi connectivity index (χ3v) is 7.00. The van der Waals surface area contributed by atoms with Crippen LogP contribution in [-0.2, 0) is 5.41 Å². The lowest BCUT2D eigenvalue weighted by molar-refractivity contribution is 0.540. The number of para-hydroxylation sites is 2. The van der Waals surface area contributed by atoms with Gasteiger partial charge in [-0.05, 0) is 42.0 Å². The molecule has 0 amide bonds. The number of imidazole rings is 1. The lowest BCUT2D eigenvalue weighted by atomic mass is 9.81. The Hall–Kier alpha value is -4.15. The van der Waals surface area contributed by atoms with E-state index in [2.05, 4.69) is 120 Å². The third-order valence-electron chi connectivity index (χ3n) is 7.00. The monoisotopic (exact) mass is 456 g/mol. The highest BCUT2D eigenvalue weighted by Gasteiger charge is 2.24. The van der Waals surface area contributed by atoms with Crippen molar-refractivity contribution in [3.8, 4) is 22.8 Å². The topological polar surface area (TPSA) is 48.8 Å². The summed E-state index contributed by atoms with van der Waals surface area (Å²) in [5, 5.41) is 2.46. The zero-order valence-electron chi connectivity index (χ0n) is 20.0. The summed E-state index contributed by atoms with van der Waals surface area (Å²) in [6, 6.07) is 34.3. The second-order valence-electron chi connectivity index (χ2n) is 9.64.